The molecule has 0 aliphatic heterocycles. The van der Waals surface area contributed by atoms with E-state index in [2.05, 4.69) is 10.2 Å². The standard InChI is InChI=1S/C11H10N2O3S/c1-7-12-13-10(16-7)6-17-9-4-2-8(3-5-9)11(14)15/h2-5H,6H2,1H3,(H,14,15). The van der Waals surface area contributed by atoms with Crippen LogP contribution in [-0.4, -0.2) is 21.3 Å². The summed E-state index contributed by atoms with van der Waals surface area (Å²) in [6, 6.07) is 6.67. The Bertz CT molecular complexity index is 522. The van der Waals surface area contributed by atoms with E-state index in [0.29, 0.717) is 17.5 Å². The van der Waals surface area contributed by atoms with Crippen molar-refractivity contribution in [3.05, 3.63) is 41.6 Å². The molecule has 1 aromatic carbocycles. The highest BCUT2D eigenvalue weighted by Gasteiger charge is 2.05. The number of aromatic nitrogens is 2. The molecule has 0 saturated carbocycles. The van der Waals surface area contributed by atoms with Gasteiger partial charge in [-0.2, -0.15) is 0 Å². The van der Waals surface area contributed by atoms with Gasteiger partial charge in [0, 0.05) is 11.8 Å². The Kier molecular flexibility index (Phi) is 3.43. The first-order chi connectivity index (χ1) is 8.15. The molecule has 6 heteroatoms. The molecule has 17 heavy (non-hydrogen) atoms. The van der Waals surface area contributed by atoms with E-state index in [1.165, 1.54) is 11.8 Å². The first-order valence-electron chi connectivity index (χ1n) is 4.90. The predicted molar refractivity (Wildman–Crippen MR) is 62.0 cm³/mol. The van der Waals surface area contributed by atoms with E-state index in [-0.39, 0.29) is 5.56 Å². The van der Waals surface area contributed by atoms with Gasteiger partial charge in [0.2, 0.25) is 11.8 Å². The van der Waals surface area contributed by atoms with Gasteiger partial charge in [0.05, 0.1) is 11.3 Å². The van der Waals surface area contributed by atoms with Crippen LogP contribution >= 0.6 is 11.8 Å². The zero-order chi connectivity index (χ0) is 12.3. The third kappa shape index (κ3) is 3.07. The van der Waals surface area contributed by atoms with Crippen molar-refractivity contribution < 1.29 is 14.3 Å². The van der Waals surface area contributed by atoms with Gasteiger partial charge in [-0.25, -0.2) is 4.79 Å². The van der Waals surface area contributed by atoms with E-state index in [0.717, 1.165) is 4.90 Å². The first kappa shape index (κ1) is 11.7. The molecule has 0 spiro atoms. The van der Waals surface area contributed by atoms with E-state index < -0.39 is 5.97 Å². The van der Waals surface area contributed by atoms with Crippen LogP contribution in [0.2, 0.25) is 0 Å². The van der Waals surface area contributed by atoms with Gasteiger partial charge in [0.15, 0.2) is 0 Å². The molecule has 0 unspecified atom stereocenters. The lowest BCUT2D eigenvalue weighted by Gasteiger charge is -1.99. The lowest BCUT2D eigenvalue weighted by Crippen LogP contribution is -1.94. The number of benzene rings is 1. The lowest BCUT2D eigenvalue weighted by molar-refractivity contribution is 0.0697. The van der Waals surface area contributed by atoms with E-state index in [4.69, 9.17) is 9.52 Å². The second-order valence-corrected chi connectivity index (χ2v) is 4.38. The van der Waals surface area contributed by atoms with Crippen molar-refractivity contribution in [2.24, 2.45) is 0 Å². The Morgan fingerprint density at radius 1 is 1.35 bits per heavy atom. The molecule has 1 N–H and O–H groups in total. The normalized spacial score (nSPS) is 10.4. The molecule has 0 aliphatic rings. The average Bonchev–Trinajstić information content (AvgIpc) is 2.73. The molecule has 2 rings (SSSR count). The molecule has 0 amide bonds. The van der Waals surface area contributed by atoms with Gasteiger partial charge in [0.1, 0.15) is 0 Å². The SMILES string of the molecule is Cc1nnc(CSc2ccc(C(=O)O)cc2)o1. The fourth-order valence-corrected chi connectivity index (χ4v) is 1.97. The minimum Gasteiger partial charge on any atom is -0.478 e. The van der Waals surface area contributed by atoms with Crippen LogP contribution in [0.25, 0.3) is 0 Å². The van der Waals surface area contributed by atoms with Gasteiger partial charge >= 0.3 is 5.97 Å². The minimum atomic E-state index is -0.922. The van der Waals surface area contributed by atoms with E-state index in [9.17, 15) is 4.79 Å². The molecule has 0 bridgehead atoms. The molecule has 0 aliphatic carbocycles. The summed E-state index contributed by atoms with van der Waals surface area (Å²) in [4.78, 5) is 11.6. The van der Waals surface area contributed by atoms with Crippen molar-refractivity contribution in [2.75, 3.05) is 0 Å². The number of carboxylic acids is 1. The molecule has 1 aromatic heterocycles. The highest BCUT2D eigenvalue weighted by molar-refractivity contribution is 7.98. The smallest absolute Gasteiger partial charge is 0.335 e. The Morgan fingerprint density at radius 3 is 2.59 bits per heavy atom. The zero-order valence-electron chi connectivity index (χ0n) is 9.08. The summed E-state index contributed by atoms with van der Waals surface area (Å²) in [7, 11) is 0. The van der Waals surface area contributed by atoms with Crippen LogP contribution in [0.15, 0.2) is 33.6 Å². The maximum Gasteiger partial charge on any atom is 0.335 e. The van der Waals surface area contributed by atoms with Crippen molar-refractivity contribution >= 4 is 17.7 Å². The summed E-state index contributed by atoms with van der Waals surface area (Å²) >= 11 is 1.52. The summed E-state index contributed by atoms with van der Waals surface area (Å²) in [5, 5.41) is 16.3. The lowest BCUT2D eigenvalue weighted by atomic mass is 10.2. The summed E-state index contributed by atoms with van der Waals surface area (Å²) in [6.07, 6.45) is 0. The van der Waals surface area contributed by atoms with E-state index >= 15 is 0 Å². The van der Waals surface area contributed by atoms with E-state index in [1.54, 1.807) is 31.2 Å². The van der Waals surface area contributed by atoms with Crippen LogP contribution in [-0.2, 0) is 5.75 Å². The third-order valence-corrected chi connectivity index (χ3v) is 3.03. The summed E-state index contributed by atoms with van der Waals surface area (Å²) < 4.78 is 5.23. The van der Waals surface area contributed by atoms with Crippen molar-refractivity contribution in [1.82, 2.24) is 10.2 Å². The molecule has 2 aromatic rings. The topological polar surface area (TPSA) is 76.2 Å². The fraction of sp³-hybridized carbons (Fsp3) is 0.182. The predicted octanol–water partition coefficient (Wildman–Crippen LogP) is 2.37. The zero-order valence-corrected chi connectivity index (χ0v) is 9.90. The summed E-state index contributed by atoms with van der Waals surface area (Å²) in [5.74, 6) is 0.762. The monoisotopic (exact) mass is 250 g/mol. The Hall–Kier alpha value is -1.82. The van der Waals surface area contributed by atoms with Crippen LogP contribution in [0.3, 0.4) is 0 Å². The average molecular weight is 250 g/mol. The van der Waals surface area contributed by atoms with Gasteiger partial charge in [-0.15, -0.1) is 22.0 Å². The van der Waals surface area contributed by atoms with E-state index in [1.807, 2.05) is 0 Å². The number of nitrogens with zero attached hydrogens (tertiary/aromatic N) is 2. The van der Waals surface area contributed by atoms with Gasteiger partial charge in [-0.1, -0.05) is 0 Å². The van der Waals surface area contributed by atoms with Crippen molar-refractivity contribution in [3.8, 4) is 0 Å². The van der Waals surface area contributed by atoms with Gasteiger partial charge in [-0.3, -0.25) is 0 Å². The second kappa shape index (κ2) is 5.01. The number of thioether (sulfide) groups is 1. The fourth-order valence-electron chi connectivity index (χ4n) is 1.23. The van der Waals surface area contributed by atoms with Crippen LogP contribution in [0.5, 0.6) is 0 Å². The molecule has 0 atom stereocenters. The molecule has 5 nitrogen and oxygen atoms in total. The summed E-state index contributed by atoms with van der Waals surface area (Å²) in [5.41, 5.74) is 0.281. The highest BCUT2D eigenvalue weighted by atomic mass is 32.2. The third-order valence-electron chi connectivity index (χ3n) is 2.03. The number of rotatable bonds is 4. The molecular weight excluding hydrogens is 240 g/mol. The van der Waals surface area contributed by atoms with Crippen LogP contribution < -0.4 is 0 Å². The molecular formula is C11H10N2O3S. The van der Waals surface area contributed by atoms with Crippen LogP contribution in [0.1, 0.15) is 22.1 Å². The number of hydrogen-bond acceptors (Lipinski definition) is 5. The Labute approximate surface area is 102 Å². The maximum atomic E-state index is 10.7. The second-order valence-electron chi connectivity index (χ2n) is 3.33. The number of carbonyl (C=O) groups is 1. The van der Waals surface area contributed by atoms with Crippen molar-refractivity contribution in [2.45, 2.75) is 17.6 Å². The largest absolute Gasteiger partial charge is 0.478 e. The molecule has 0 radical (unpaired) electrons. The molecule has 0 saturated heterocycles. The number of carboxylic acid groups (broad SMARTS) is 1. The van der Waals surface area contributed by atoms with Crippen molar-refractivity contribution in [3.63, 3.8) is 0 Å². The Morgan fingerprint density at radius 2 is 2.06 bits per heavy atom. The van der Waals surface area contributed by atoms with Gasteiger partial charge < -0.3 is 9.52 Å². The molecule has 88 valence electrons. The first-order valence-corrected chi connectivity index (χ1v) is 5.89. The highest BCUT2D eigenvalue weighted by Crippen LogP contribution is 2.22. The maximum absolute atomic E-state index is 10.7. The summed E-state index contributed by atoms with van der Waals surface area (Å²) in [6.45, 7) is 1.74. The number of aryl methyl sites for hydroxylation is 1. The van der Waals surface area contributed by atoms with Gasteiger partial charge in [-0.05, 0) is 24.3 Å². The quantitative estimate of drug-likeness (QED) is 0.839. The molecule has 1 heterocycles. The van der Waals surface area contributed by atoms with Crippen molar-refractivity contribution in [1.29, 1.82) is 0 Å². The molecule has 0 fully saturated rings. The number of aromatic carboxylic acids is 1. The van der Waals surface area contributed by atoms with Crippen LogP contribution in [0.4, 0.5) is 0 Å². The number of hydrogen-bond donors (Lipinski definition) is 1. The Balaban J connectivity index is 1.97. The van der Waals surface area contributed by atoms with Gasteiger partial charge in [0.25, 0.3) is 0 Å². The minimum absolute atomic E-state index is 0.281. The van der Waals surface area contributed by atoms with Crippen LogP contribution in [0, 0.1) is 6.92 Å².